The second kappa shape index (κ2) is 8.44. The van der Waals surface area contributed by atoms with Gasteiger partial charge in [0.15, 0.2) is 0 Å². The van der Waals surface area contributed by atoms with Crippen LogP contribution in [-0.2, 0) is 9.53 Å². The summed E-state index contributed by atoms with van der Waals surface area (Å²) in [5, 5.41) is 5.73. The third-order valence-electron chi connectivity index (χ3n) is 4.23. The highest BCUT2D eigenvalue weighted by Crippen LogP contribution is 2.15. The van der Waals surface area contributed by atoms with E-state index in [1.54, 1.807) is 24.3 Å². The summed E-state index contributed by atoms with van der Waals surface area (Å²) in [6.07, 6.45) is 2.03. The average molecular weight is 338 g/mol. The lowest BCUT2D eigenvalue weighted by atomic mass is 10.1. The van der Waals surface area contributed by atoms with Gasteiger partial charge in [-0.15, -0.1) is 0 Å². The Morgan fingerprint density at radius 3 is 2.36 bits per heavy atom. The Bertz CT molecular complexity index is 697. The van der Waals surface area contributed by atoms with Gasteiger partial charge < -0.3 is 15.4 Å². The normalized spacial score (nSPS) is 17.7. The van der Waals surface area contributed by atoms with Crippen LogP contribution in [0, 0.1) is 0 Å². The zero-order chi connectivity index (χ0) is 17.5. The van der Waals surface area contributed by atoms with Crippen molar-refractivity contribution in [3.63, 3.8) is 0 Å². The molecule has 5 heteroatoms. The third-order valence-corrected chi connectivity index (χ3v) is 4.23. The van der Waals surface area contributed by atoms with E-state index in [-0.39, 0.29) is 17.9 Å². The van der Waals surface area contributed by atoms with Crippen molar-refractivity contribution < 1.29 is 14.3 Å². The topological polar surface area (TPSA) is 67.4 Å². The van der Waals surface area contributed by atoms with Crippen molar-refractivity contribution in [1.82, 2.24) is 10.6 Å². The molecule has 1 aliphatic heterocycles. The van der Waals surface area contributed by atoms with E-state index in [2.05, 4.69) is 10.6 Å². The van der Waals surface area contributed by atoms with Crippen LogP contribution in [-0.4, -0.2) is 31.1 Å². The lowest BCUT2D eigenvalue weighted by Gasteiger charge is -2.20. The van der Waals surface area contributed by atoms with Gasteiger partial charge in [0, 0.05) is 18.7 Å². The number of benzene rings is 2. The van der Waals surface area contributed by atoms with Crippen LogP contribution in [0.1, 0.15) is 34.8 Å². The van der Waals surface area contributed by atoms with Gasteiger partial charge in [-0.05, 0) is 30.5 Å². The quantitative estimate of drug-likeness (QED) is 0.850. The van der Waals surface area contributed by atoms with Crippen LogP contribution in [0.5, 0.6) is 0 Å². The van der Waals surface area contributed by atoms with Gasteiger partial charge in [-0.2, -0.15) is 0 Å². The summed E-state index contributed by atoms with van der Waals surface area (Å²) in [5.41, 5.74) is 1.27. The molecule has 25 heavy (non-hydrogen) atoms. The Hall–Kier alpha value is -2.66. The van der Waals surface area contributed by atoms with E-state index in [0.29, 0.717) is 12.1 Å². The van der Waals surface area contributed by atoms with Crippen LogP contribution in [0.2, 0.25) is 0 Å². The van der Waals surface area contributed by atoms with Gasteiger partial charge in [-0.3, -0.25) is 9.59 Å². The number of hydrogen-bond donors (Lipinski definition) is 2. The molecule has 2 amide bonds. The van der Waals surface area contributed by atoms with E-state index < -0.39 is 6.04 Å². The second-order valence-corrected chi connectivity index (χ2v) is 6.06. The number of ether oxygens (including phenoxy) is 1. The molecule has 1 fully saturated rings. The molecule has 0 bridgehead atoms. The van der Waals surface area contributed by atoms with E-state index >= 15 is 0 Å². The van der Waals surface area contributed by atoms with Gasteiger partial charge in [0.05, 0.1) is 6.10 Å². The highest BCUT2D eigenvalue weighted by Gasteiger charge is 2.24. The van der Waals surface area contributed by atoms with E-state index in [1.807, 2.05) is 36.4 Å². The summed E-state index contributed by atoms with van der Waals surface area (Å²) < 4.78 is 5.54. The predicted octanol–water partition coefficient (Wildman–Crippen LogP) is 2.45. The fourth-order valence-corrected chi connectivity index (χ4v) is 2.87. The Morgan fingerprint density at radius 1 is 1.04 bits per heavy atom. The van der Waals surface area contributed by atoms with Gasteiger partial charge in [0.2, 0.25) is 5.91 Å². The minimum absolute atomic E-state index is 0.0604. The molecule has 2 N–H and O–H groups in total. The van der Waals surface area contributed by atoms with E-state index in [0.717, 1.165) is 25.0 Å². The zero-order valence-electron chi connectivity index (χ0n) is 14.0. The summed E-state index contributed by atoms with van der Waals surface area (Å²) >= 11 is 0. The van der Waals surface area contributed by atoms with Crippen molar-refractivity contribution in [3.05, 3.63) is 71.8 Å². The second-order valence-electron chi connectivity index (χ2n) is 6.06. The van der Waals surface area contributed by atoms with E-state index in [4.69, 9.17) is 4.74 Å². The van der Waals surface area contributed by atoms with Crippen LogP contribution in [0.25, 0.3) is 0 Å². The van der Waals surface area contributed by atoms with Crippen LogP contribution in [0.15, 0.2) is 60.7 Å². The molecular formula is C20H22N2O3. The highest BCUT2D eigenvalue weighted by atomic mass is 16.5. The van der Waals surface area contributed by atoms with Crippen LogP contribution >= 0.6 is 0 Å². The molecule has 130 valence electrons. The van der Waals surface area contributed by atoms with Gasteiger partial charge in [-0.25, -0.2) is 0 Å². The summed E-state index contributed by atoms with van der Waals surface area (Å²) in [6, 6.07) is 17.4. The maximum absolute atomic E-state index is 12.7. The lowest BCUT2D eigenvalue weighted by molar-refractivity contribution is -0.123. The van der Waals surface area contributed by atoms with E-state index in [9.17, 15) is 9.59 Å². The van der Waals surface area contributed by atoms with Crippen molar-refractivity contribution >= 4 is 11.8 Å². The van der Waals surface area contributed by atoms with Crippen LogP contribution in [0.4, 0.5) is 0 Å². The summed E-state index contributed by atoms with van der Waals surface area (Å²) in [4.78, 5) is 25.2. The number of amides is 2. The monoisotopic (exact) mass is 338 g/mol. The molecule has 0 spiro atoms. The molecule has 2 atom stereocenters. The fourth-order valence-electron chi connectivity index (χ4n) is 2.87. The van der Waals surface area contributed by atoms with Crippen LogP contribution < -0.4 is 10.6 Å². The van der Waals surface area contributed by atoms with Gasteiger partial charge in [0.25, 0.3) is 5.91 Å². The molecule has 0 saturated carbocycles. The molecule has 2 aromatic rings. The molecule has 0 radical (unpaired) electrons. The molecular weight excluding hydrogens is 316 g/mol. The van der Waals surface area contributed by atoms with Crippen LogP contribution in [0.3, 0.4) is 0 Å². The number of carbonyl (C=O) groups is 2. The predicted molar refractivity (Wildman–Crippen MR) is 95.1 cm³/mol. The van der Waals surface area contributed by atoms with E-state index in [1.165, 1.54) is 0 Å². The molecule has 0 aromatic heterocycles. The smallest absolute Gasteiger partial charge is 0.252 e. The largest absolute Gasteiger partial charge is 0.376 e. The van der Waals surface area contributed by atoms with Crippen molar-refractivity contribution in [2.24, 2.45) is 0 Å². The maximum atomic E-state index is 12.7. The number of nitrogens with one attached hydrogen (secondary N) is 2. The summed E-state index contributed by atoms with van der Waals surface area (Å²) in [7, 11) is 0. The first kappa shape index (κ1) is 17.2. The molecule has 1 aliphatic rings. The maximum Gasteiger partial charge on any atom is 0.252 e. The minimum Gasteiger partial charge on any atom is -0.376 e. The van der Waals surface area contributed by atoms with Gasteiger partial charge in [0.1, 0.15) is 6.04 Å². The minimum atomic E-state index is -0.740. The van der Waals surface area contributed by atoms with Crippen molar-refractivity contribution in [2.75, 3.05) is 13.2 Å². The summed E-state index contributed by atoms with van der Waals surface area (Å²) in [5.74, 6) is -0.507. The number of carbonyl (C=O) groups excluding carboxylic acids is 2. The first-order valence-corrected chi connectivity index (χ1v) is 8.54. The van der Waals surface area contributed by atoms with Gasteiger partial charge >= 0.3 is 0 Å². The first-order chi connectivity index (χ1) is 12.2. The number of hydrogen-bond acceptors (Lipinski definition) is 3. The molecule has 2 unspecified atom stereocenters. The fraction of sp³-hybridized carbons (Fsp3) is 0.300. The Morgan fingerprint density at radius 2 is 1.72 bits per heavy atom. The van der Waals surface area contributed by atoms with Crippen molar-refractivity contribution in [1.29, 1.82) is 0 Å². The van der Waals surface area contributed by atoms with Gasteiger partial charge in [-0.1, -0.05) is 48.5 Å². The van der Waals surface area contributed by atoms with Crippen molar-refractivity contribution in [2.45, 2.75) is 25.0 Å². The standard InChI is InChI=1S/C20H22N2O3/c23-19(16-10-5-2-6-11-16)22-18(15-8-3-1-4-9-15)20(24)21-14-17-12-7-13-25-17/h1-6,8-11,17-18H,7,12-14H2,(H,21,24)(H,22,23). The SMILES string of the molecule is O=C(NC(C(=O)NCC1CCCO1)c1ccccc1)c1ccccc1. The molecule has 3 rings (SSSR count). The third kappa shape index (κ3) is 4.67. The highest BCUT2D eigenvalue weighted by molar-refractivity contribution is 5.97. The Balaban J connectivity index is 1.70. The molecule has 2 aromatic carbocycles. The first-order valence-electron chi connectivity index (χ1n) is 8.54. The average Bonchev–Trinajstić information content (AvgIpc) is 3.19. The molecule has 1 saturated heterocycles. The van der Waals surface area contributed by atoms with Crippen molar-refractivity contribution in [3.8, 4) is 0 Å². The Kier molecular flexibility index (Phi) is 5.80. The number of rotatable bonds is 6. The molecule has 0 aliphatic carbocycles. The molecule has 1 heterocycles. The summed E-state index contributed by atoms with van der Waals surface area (Å²) in [6.45, 7) is 1.21. The zero-order valence-corrected chi connectivity index (χ0v) is 14.0. The Labute approximate surface area is 147 Å². The lowest BCUT2D eigenvalue weighted by Crippen LogP contribution is -2.42. The molecule has 5 nitrogen and oxygen atoms in total.